The Bertz CT molecular complexity index is 828. The summed E-state index contributed by atoms with van der Waals surface area (Å²) >= 11 is 0. The molecular weight excluding hydrogens is 348 g/mol. The third-order valence-electron chi connectivity index (χ3n) is 3.26. The lowest BCUT2D eigenvalue weighted by Crippen LogP contribution is -2.35. The second-order valence-electron chi connectivity index (χ2n) is 5.13. The van der Waals surface area contributed by atoms with Crippen LogP contribution < -0.4 is 5.32 Å². The van der Waals surface area contributed by atoms with Crippen LogP contribution in [0.5, 0.6) is 0 Å². The summed E-state index contributed by atoms with van der Waals surface area (Å²) in [6.45, 7) is 0.789. The number of carbonyl (C=O) groups excluding carboxylic acids is 2. The van der Waals surface area contributed by atoms with E-state index in [0.29, 0.717) is 11.4 Å². The molecule has 1 heterocycles. The molecule has 1 aromatic heterocycles. The molecule has 0 atom stereocenters. The molecule has 134 valence electrons. The number of methoxy groups -OCH3 is 1. The zero-order valence-electron chi connectivity index (χ0n) is 13.8. The Balaban J connectivity index is 2.29. The van der Waals surface area contributed by atoms with E-state index in [1.54, 1.807) is 12.1 Å². The SMILES string of the molecule is COC(=O)CN(Cc1ccco1)S(=O)(=O)c1ccc(NC(C)=O)cc1. The van der Waals surface area contributed by atoms with Gasteiger partial charge in [-0.25, -0.2) is 8.42 Å². The fourth-order valence-corrected chi connectivity index (χ4v) is 3.42. The first-order chi connectivity index (χ1) is 11.8. The molecule has 0 bridgehead atoms. The Morgan fingerprint density at radius 3 is 2.40 bits per heavy atom. The first-order valence-electron chi connectivity index (χ1n) is 7.30. The molecule has 2 aromatic rings. The van der Waals surface area contributed by atoms with E-state index >= 15 is 0 Å². The van der Waals surface area contributed by atoms with Crippen LogP contribution in [-0.2, 0) is 30.9 Å². The van der Waals surface area contributed by atoms with Gasteiger partial charge in [0.2, 0.25) is 15.9 Å². The summed E-state index contributed by atoms with van der Waals surface area (Å²) in [4.78, 5) is 22.6. The van der Waals surface area contributed by atoms with Crippen molar-refractivity contribution in [3.05, 3.63) is 48.4 Å². The monoisotopic (exact) mass is 366 g/mol. The highest BCUT2D eigenvalue weighted by atomic mass is 32.2. The average molecular weight is 366 g/mol. The number of nitrogens with zero attached hydrogens (tertiary/aromatic N) is 1. The van der Waals surface area contributed by atoms with Crippen LogP contribution in [-0.4, -0.2) is 38.3 Å². The van der Waals surface area contributed by atoms with E-state index in [2.05, 4.69) is 10.1 Å². The number of amides is 1. The minimum absolute atomic E-state index is 0.0166. The number of esters is 1. The summed E-state index contributed by atoms with van der Waals surface area (Å²) in [7, 11) is -2.78. The fourth-order valence-electron chi connectivity index (χ4n) is 2.07. The molecule has 0 saturated carbocycles. The predicted molar refractivity (Wildman–Crippen MR) is 89.1 cm³/mol. The maximum atomic E-state index is 12.8. The standard InChI is InChI=1S/C16H18N2O6S/c1-12(19)17-13-5-7-15(8-6-13)25(21,22)18(11-16(20)23-2)10-14-4-3-9-24-14/h3-9H,10-11H2,1-2H3,(H,17,19). The summed E-state index contributed by atoms with van der Waals surface area (Å²) in [5, 5.41) is 2.55. The molecule has 0 aliphatic heterocycles. The number of furan rings is 1. The molecule has 9 heteroatoms. The number of carbonyl (C=O) groups is 2. The van der Waals surface area contributed by atoms with Gasteiger partial charge in [0.05, 0.1) is 24.8 Å². The van der Waals surface area contributed by atoms with Crippen molar-refractivity contribution in [3.8, 4) is 0 Å². The molecule has 25 heavy (non-hydrogen) atoms. The molecule has 8 nitrogen and oxygen atoms in total. The highest BCUT2D eigenvalue weighted by Gasteiger charge is 2.28. The Morgan fingerprint density at radius 2 is 1.88 bits per heavy atom. The van der Waals surface area contributed by atoms with Crippen LogP contribution in [0.2, 0.25) is 0 Å². The third-order valence-corrected chi connectivity index (χ3v) is 5.06. The normalized spacial score (nSPS) is 11.3. The quantitative estimate of drug-likeness (QED) is 0.746. The van der Waals surface area contributed by atoms with E-state index in [1.807, 2.05) is 0 Å². The molecule has 1 amide bonds. The van der Waals surface area contributed by atoms with Crippen molar-refractivity contribution in [2.45, 2.75) is 18.4 Å². The molecule has 1 N–H and O–H groups in total. The number of benzene rings is 1. The number of nitrogens with one attached hydrogen (secondary N) is 1. The molecule has 0 fully saturated rings. The van der Waals surface area contributed by atoms with Gasteiger partial charge in [-0.3, -0.25) is 9.59 Å². The maximum Gasteiger partial charge on any atom is 0.321 e. The van der Waals surface area contributed by atoms with E-state index in [4.69, 9.17) is 4.42 Å². The van der Waals surface area contributed by atoms with Crippen LogP contribution in [0, 0.1) is 0 Å². The molecule has 0 saturated heterocycles. The van der Waals surface area contributed by atoms with Gasteiger partial charge in [-0.15, -0.1) is 0 Å². The van der Waals surface area contributed by atoms with Crippen LogP contribution in [0.25, 0.3) is 0 Å². The largest absolute Gasteiger partial charge is 0.468 e. The van der Waals surface area contributed by atoms with Gasteiger partial charge in [-0.1, -0.05) is 0 Å². The first-order valence-corrected chi connectivity index (χ1v) is 8.74. The molecule has 0 unspecified atom stereocenters. The summed E-state index contributed by atoms with van der Waals surface area (Å²) in [5.74, 6) is -0.562. The summed E-state index contributed by atoms with van der Waals surface area (Å²) < 4.78 is 36.4. The topological polar surface area (TPSA) is 106 Å². The lowest BCUT2D eigenvalue weighted by molar-refractivity contribution is -0.140. The number of sulfonamides is 1. The molecule has 0 aliphatic rings. The third kappa shape index (κ3) is 4.91. The van der Waals surface area contributed by atoms with E-state index in [1.165, 1.54) is 44.6 Å². The molecular formula is C16H18N2O6S. The second kappa shape index (κ2) is 7.95. The number of rotatable bonds is 7. The van der Waals surface area contributed by atoms with Crippen molar-refractivity contribution in [2.75, 3.05) is 19.0 Å². The van der Waals surface area contributed by atoms with Crippen molar-refractivity contribution in [3.63, 3.8) is 0 Å². The van der Waals surface area contributed by atoms with Gasteiger partial charge in [0, 0.05) is 12.6 Å². The van der Waals surface area contributed by atoms with Gasteiger partial charge in [-0.2, -0.15) is 4.31 Å². The second-order valence-corrected chi connectivity index (χ2v) is 7.07. The zero-order chi connectivity index (χ0) is 18.4. The molecule has 0 spiro atoms. The highest BCUT2D eigenvalue weighted by Crippen LogP contribution is 2.20. The van der Waals surface area contributed by atoms with Gasteiger partial charge in [0.25, 0.3) is 0 Å². The van der Waals surface area contributed by atoms with Crippen LogP contribution in [0.4, 0.5) is 5.69 Å². The predicted octanol–water partition coefficient (Wildman–Crippen LogP) is 1.60. The zero-order valence-corrected chi connectivity index (χ0v) is 14.6. The molecule has 1 aromatic carbocycles. The lowest BCUT2D eigenvalue weighted by Gasteiger charge is -2.20. The van der Waals surface area contributed by atoms with Crippen molar-refractivity contribution >= 4 is 27.6 Å². The maximum absolute atomic E-state index is 12.8. The van der Waals surface area contributed by atoms with Crippen molar-refractivity contribution in [1.29, 1.82) is 0 Å². The van der Waals surface area contributed by atoms with E-state index < -0.39 is 22.5 Å². The van der Waals surface area contributed by atoms with Gasteiger partial charge in [-0.05, 0) is 36.4 Å². The number of ether oxygens (including phenoxy) is 1. The average Bonchev–Trinajstić information content (AvgIpc) is 3.07. The van der Waals surface area contributed by atoms with Gasteiger partial charge in [0.1, 0.15) is 12.3 Å². The summed E-state index contributed by atoms with van der Waals surface area (Å²) in [6.07, 6.45) is 1.42. The van der Waals surface area contributed by atoms with Crippen molar-refractivity contribution in [1.82, 2.24) is 4.31 Å². The number of hydrogen-bond donors (Lipinski definition) is 1. The molecule has 0 aliphatic carbocycles. The fraction of sp³-hybridized carbons (Fsp3) is 0.250. The Labute approximate surface area is 145 Å². The van der Waals surface area contributed by atoms with Crippen LogP contribution in [0.15, 0.2) is 52.0 Å². The Kier molecular flexibility index (Phi) is 5.94. The van der Waals surface area contributed by atoms with E-state index in [-0.39, 0.29) is 17.3 Å². The lowest BCUT2D eigenvalue weighted by atomic mass is 10.3. The van der Waals surface area contributed by atoms with Crippen molar-refractivity contribution < 1.29 is 27.2 Å². The van der Waals surface area contributed by atoms with Gasteiger partial charge in [0.15, 0.2) is 0 Å². The molecule has 2 rings (SSSR count). The first kappa shape index (κ1) is 18.7. The van der Waals surface area contributed by atoms with Gasteiger partial charge >= 0.3 is 5.97 Å². The summed E-state index contributed by atoms with van der Waals surface area (Å²) in [5.41, 5.74) is 0.469. The highest BCUT2D eigenvalue weighted by molar-refractivity contribution is 7.89. The van der Waals surface area contributed by atoms with Crippen LogP contribution in [0.3, 0.4) is 0 Å². The minimum atomic E-state index is -3.97. The number of hydrogen-bond acceptors (Lipinski definition) is 6. The van der Waals surface area contributed by atoms with Gasteiger partial charge < -0.3 is 14.5 Å². The minimum Gasteiger partial charge on any atom is -0.468 e. The van der Waals surface area contributed by atoms with Crippen molar-refractivity contribution in [2.24, 2.45) is 0 Å². The summed E-state index contributed by atoms with van der Waals surface area (Å²) in [6, 6.07) is 8.88. The van der Waals surface area contributed by atoms with E-state index in [0.717, 1.165) is 4.31 Å². The van der Waals surface area contributed by atoms with E-state index in [9.17, 15) is 18.0 Å². The Morgan fingerprint density at radius 1 is 1.20 bits per heavy atom. The smallest absolute Gasteiger partial charge is 0.321 e. The van der Waals surface area contributed by atoms with Crippen LogP contribution >= 0.6 is 0 Å². The Hall–Kier alpha value is -2.65. The molecule has 0 radical (unpaired) electrons. The number of anilines is 1. The van der Waals surface area contributed by atoms with Crippen LogP contribution in [0.1, 0.15) is 12.7 Å².